The van der Waals surface area contributed by atoms with Crippen LogP contribution in [-0.2, 0) is 11.3 Å². The molecule has 7 heteroatoms. The molecule has 1 aromatic carbocycles. The van der Waals surface area contributed by atoms with Gasteiger partial charge in [0.25, 0.3) is 0 Å². The van der Waals surface area contributed by atoms with Gasteiger partial charge in [-0.1, -0.05) is 11.2 Å². The third kappa shape index (κ3) is 3.99. The van der Waals surface area contributed by atoms with Crippen molar-refractivity contribution in [1.82, 2.24) is 15.0 Å². The van der Waals surface area contributed by atoms with E-state index in [1.54, 1.807) is 4.90 Å². The number of halogens is 2. The van der Waals surface area contributed by atoms with Crippen molar-refractivity contribution in [2.45, 2.75) is 20.4 Å². The maximum absolute atomic E-state index is 13.6. The maximum Gasteiger partial charge on any atom is 0.246 e. The molecule has 0 bridgehead atoms. The quantitative estimate of drug-likeness (QED) is 0.786. The fourth-order valence-electron chi connectivity index (χ4n) is 3.01. The summed E-state index contributed by atoms with van der Waals surface area (Å²) in [6.07, 6.45) is 2.43. The zero-order valence-corrected chi connectivity index (χ0v) is 14.8. The third-order valence-corrected chi connectivity index (χ3v) is 4.64. The second kappa shape index (κ2) is 7.78. The van der Waals surface area contributed by atoms with E-state index < -0.39 is 11.6 Å². The average molecular weight is 361 g/mol. The van der Waals surface area contributed by atoms with E-state index in [1.807, 2.05) is 13.8 Å². The highest BCUT2D eigenvalue weighted by molar-refractivity contribution is 5.91. The molecule has 0 aliphatic carbocycles. The summed E-state index contributed by atoms with van der Waals surface area (Å²) in [6, 6.07) is 3.63. The van der Waals surface area contributed by atoms with E-state index in [0.717, 1.165) is 36.7 Å². The summed E-state index contributed by atoms with van der Waals surface area (Å²) in [4.78, 5) is 16.2. The molecule has 1 aromatic heterocycles. The summed E-state index contributed by atoms with van der Waals surface area (Å²) in [6.45, 7) is 7.10. The van der Waals surface area contributed by atoms with Crippen molar-refractivity contribution >= 4 is 12.0 Å². The van der Waals surface area contributed by atoms with Crippen LogP contribution in [-0.4, -0.2) is 47.0 Å². The predicted octanol–water partition coefficient (Wildman–Crippen LogP) is 2.93. The van der Waals surface area contributed by atoms with Crippen LogP contribution >= 0.6 is 0 Å². The minimum absolute atomic E-state index is 0.196. The average Bonchev–Trinajstić information content (AvgIpc) is 2.94. The number of hydrogen-bond acceptors (Lipinski definition) is 4. The van der Waals surface area contributed by atoms with Crippen LogP contribution in [0.4, 0.5) is 8.78 Å². The van der Waals surface area contributed by atoms with Crippen LogP contribution < -0.4 is 0 Å². The molecule has 0 N–H and O–H groups in total. The molecule has 1 saturated heterocycles. The van der Waals surface area contributed by atoms with Gasteiger partial charge in [0, 0.05) is 49.9 Å². The van der Waals surface area contributed by atoms with Crippen molar-refractivity contribution in [2.75, 3.05) is 26.2 Å². The van der Waals surface area contributed by atoms with Gasteiger partial charge in [0.05, 0.1) is 5.69 Å². The van der Waals surface area contributed by atoms with E-state index >= 15 is 0 Å². The zero-order chi connectivity index (χ0) is 18.7. The van der Waals surface area contributed by atoms with Gasteiger partial charge in [-0.25, -0.2) is 8.78 Å². The van der Waals surface area contributed by atoms with Crippen LogP contribution in [0.5, 0.6) is 0 Å². The lowest BCUT2D eigenvalue weighted by molar-refractivity contribution is -0.127. The van der Waals surface area contributed by atoms with Gasteiger partial charge in [-0.15, -0.1) is 0 Å². The van der Waals surface area contributed by atoms with E-state index in [0.29, 0.717) is 13.1 Å². The minimum Gasteiger partial charge on any atom is -0.361 e. The van der Waals surface area contributed by atoms with Crippen molar-refractivity contribution in [2.24, 2.45) is 0 Å². The fourth-order valence-corrected chi connectivity index (χ4v) is 3.01. The Labute approximate surface area is 150 Å². The van der Waals surface area contributed by atoms with E-state index in [2.05, 4.69) is 10.1 Å². The minimum atomic E-state index is -0.682. The molecule has 1 fully saturated rings. The number of carbonyl (C=O) groups excluding carboxylic acids is 1. The number of aromatic nitrogens is 1. The number of nitrogens with zero attached hydrogens (tertiary/aromatic N) is 3. The summed E-state index contributed by atoms with van der Waals surface area (Å²) in [5, 5.41) is 3.96. The summed E-state index contributed by atoms with van der Waals surface area (Å²) in [5.74, 6) is -0.794. The normalized spacial score (nSPS) is 15.8. The summed E-state index contributed by atoms with van der Waals surface area (Å²) >= 11 is 0. The first-order chi connectivity index (χ1) is 12.5. The first-order valence-electron chi connectivity index (χ1n) is 8.51. The maximum atomic E-state index is 13.6. The zero-order valence-electron chi connectivity index (χ0n) is 14.8. The van der Waals surface area contributed by atoms with Crippen LogP contribution in [0.3, 0.4) is 0 Å². The van der Waals surface area contributed by atoms with Gasteiger partial charge in [-0.05, 0) is 32.1 Å². The second-order valence-corrected chi connectivity index (χ2v) is 6.37. The molecule has 1 aliphatic heterocycles. The number of benzene rings is 1. The first-order valence-corrected chi connectivity index (χ1v) is 8.51. The lowest BCUT2D eigenvalue weighted by atomic mass is 10.1. The molecule has 1 aliphatic rings. The van der Waals surface area contributed by atoms with Crippen molar-refractivity contribution in [3.63, 3.8) is 0 Å². The largest absolute Gasteiger partial charge is 0.361 e. The Bertz CT molecular complexity index is 784. The Balaban J connectivity index is 1.56. The lowest BCUT2D eigenvalue weighted by Gasteiger charge is -2.34. The number of amides is 1. The van der Waals surface area contributed by atoms with Gasteiger partial charge < -0.3 is 9.42 Å². The van der Waals surface area contributed by atoms with Crippen LogP contribution in [0.15, 0.2) is 28.8 Å². The van der Waals surface area contributed by atoms with E-state index in [-0.39, 0.29) is 11.5 Å². The third-order valence-electron chi connectivity index (χ3n) is 4.64. The van der Waals surface area contributed by atoms with Gasteiger partial charge >= 0.3 is 0 Å². The Hall–Kier alpha value is -2.54. The smallest absolute Gasteiger partial charge is 0.246 e. The summed E-state index contributed by atoms with van der Waals surface area (Å²) in [5.41, 5.74) is 1.77. The van der Waals surface area contributed by atoms with E-state index in [4.69, 9.17) is 4.52 Å². The van der Waals surface area contributed by atoms with Crippen LogP contribution in [0, 0.1) is 25.5 Å². The molecular formula is C19H21F2N3O2. The SMILES string of the molecule is Cc1noc(C)c1CN1CCN(C(=O)/C=C/c2c(F)cccc2F)CC1. The number of aryl methyl sites for hydroxylation is 2. The number of carbonyl (C=O) groups is 1. The molecule has 2 heterocycles. The molecule has 0 spiro atoms. The molecule has 138 valence electrons. The number of hydrogen-bond donors (Lipinski definition) is 0. The van der Waals surface area contributed by atoms with Gasteiger partial charge in [0.1, 0.15) is 17.4 Å². The number of rotatable bonds is 4. The highest BCUT2D eigenvalue weighted by Crippen LogP contribution is 2.17. The molecule has 0 unspecified atom stereocenters. The molecule has 0 atom stereocenters. The topological polar surface area (TPSA) is 49.6 Å². The fraction of sp³-hybridized carbons (Fsp3) is 0.368. The Kier molecular flexibility index (Phi) is 5.46. The molecule has 0 saturated carbocycles. The van der Waals surface area contributed by atoms with E-state index in [1.165, 1.54) is 30.4 Å². The highest BCUT2D eigenvalue weighted by Gasteiger charge is 2.22. The second-order valence-electron chi connectivity index (χ2n) is 6.37. The van der Waals surface area contributed by atoms with Crippen molar-refractivity contribution in [1.29, 1.82) is 0 Å². The molecular weight excluding hydrogens is 340 g/mol. The van der Waals surface area contributed by atoms with Gasteiger partial charge in [0.15, 0.2) is 0 Å². The Morgan fingerprint density at radius 3 is 2.42 bits per heavy atom. The number of piperazine rings is 1. The molecule has 0 radical (unpaired) electrons. The highest BCUT2D eigenvalue weighted by atomic mass is 19.1. The van der Waals surface area contributed by atoms with Crippen molar-refractivity contribution in [3.8, 4) is 0 Å². The first kappa shape index (κ1) is 18.3. The Morgan fingerprint density at radius 2 is 1.85 bits per heavy atom. The van der Waals surface area contributed by atoms with Crippen LogP contribution in [0.25, 0.3) is 6.08 Å². The van der Waals surface area contributed by atoms with E-state index in [9.17, 15) is 13.6 Å². The standard InChI is InChI=1S/C19H21F2N3O2/c1-13-16(14(2)26-22-13)12-23-8-10-24(11-9-23)19(25)7-6-15-17(20)4-3-5-18(15)21/h3-7H,8-12H2,1-2H3/b7-6+. The molecule has 1 amide bonds. The molecule has 5 nitrogen and oxygen atoms in total. The lowest BCUT2D eigenvalue weighted by Crippen LogP contribution is -2.47. The predicted molar refractivity (Wildman–Crippen MR) is 93.2 cm³/mol. The molecule has 26 heavy (non-hydrogen) atoms. The van der Waals surface area contributed by atoms with Gasteiger partial charge in [-0.3, -0.25) is 9.69 Å². The van der Waals surface area contributed by atoms with Crippen molar-refractivity contribution < 1.29 is 18.1 Å². The van der Waals surface area contributed by atoms with Gasteiger partial charge in [-0.2, -0.15) is 0 Å². The van der Waals surface area contributed by atoms with Crippen LogP contribution in [0.2, 0.25) is 0 Å². The van der Waals surface area contributed by atoms with Crippen LogP contribution in [0.1, 0.15) is 22.6 Å². The molecule has 2 aromatic rings. The summed E-state index contributed by atoms with van der Waals surface area (Å²) in [7, 11) is 0. The van der Waals surface area contributed by atoms with Gasteiger partial charge in [0.2, 0.25) is 5.91 Å². The Morgan fingerprint density at radius 1 is 1.19 bits per heavy atom. The molecule has 3 rings (SSSR count). The summed E-state index contributed by atoms with van der Waals surface area (Å²) < 4.78 is 32.4. The monoisotopic (exact) mass is 361 g/mol. The van der Waals surface area contributed by atoms with Crippen molar-refractivity contribution in [3.05, 3.63) is 58.5 Å².